The Morgan fingerprint density at radius 3 is 2.50 bits per heavy atom. The standard InChI is InChI=1S/C12H13O5P/c1-9(8-17-18(14)15)7-10-3-5-11(6-4-10)12(13)16-2/h3-7H,8H2,1-2H3/p+1. The van der Waals surface area contributed by atoms with E-state index in [9.17, 15) is 9.36 Å². The summed E-state index contributed by atoms with van der Waals surface area (Å²) >= 11 is 0. The molecule has 0 aliphatic rings. The predicted molar refractivity (Wildman–Crippen MR) is 67.2 cm³/mol. The van der Waals surface area contributed by atoms with Crippen molar-refractivity contribution in [2.24, 2.45) is 0 Å². The van der Waals surface area contributed by atoms with Crippen molar-refractivity contribution in [2.45, 2.75) is 6.92 Å². The second-order valence-electron chi connectivity index (χ2n) is 3.62. The van der Waals surface area contributed by atoms with Crippen LogP contribution in [0.1, 0.15) is 22.8 Å². The van der Waals surface area contributed by atoms with Gasteiger partial charge in [0.2, 0.25) is 0 Å². The second-order valence-corrected chi connectivity index (χ2v) is 4.35. The van der Waals surface area contributed by atoms with Gasteiger partial charge in [-0.25, -0.2) is 4.79 Å². The van der Waals surface area contributed by atoms with Crippen LogP contribution in [0.25, 0.3) is 6.08 Å². The van der Waals surface area contributed by atoms with E-state index in [0.29, 0.717) is 5.56 Å². The maximum Gasteiger partial charge on any atom is 0.695 e. The van der Waals surface area contributed by atoms with Crippen LogP contribution >= 0.6 is 8.25 Å². The zero-order valence-corrected chi connectivity index (χ0v) is 11.0. The molecule has 1 atom stereocenters. The Hall–Kier alpha value is -1.55. The Balaban J connectivity index is 2.70. The van der Waals surface area contributed by atoms with Crippen LogP contribution in [0.4, 0.5) is 0 Å². The molecule has 0 heterocycles. The Labute approximate surface area is 106 Å². The van der Waals surface area contributed by atoms with Crippen LogP contribution in [0.2, 0.25) is 0 Å². The molecule has 0 aliphatic heterocycles. The van der Waals surface area contributed by atoms with E-state index in [1.54, 1.807) is 37.3 Å². The van der Waals surface area contributed by atoms with Crippen LogP contribution < -0.4 is 0 Å². The molecule has 0 fully saturated rings. The zero-order chi connectivity index (χ0) is 13.5. The fourth-order valence-electron chi connectivity index (χ4n) is 1.32. The molecule has 0 amide bonds. The van der Waals surface area contributed by atoms with Crippen LogP contribution in [0.3, 0.4) is 0 Å². The monoisotopic (exact) mass is 269 g/mol. The van der Waals surface area contributed by atoms with Crippen LogP contribution in [-0.4, -0.2) is 24.6 Å². The quantitative estimate of drug-likeness (QED) is 0.656. The SMILES string of the molecule is COC(=O)c1ccc(C=C(C)CO[P+](=O)O)cc1. The van der Waals surface area contributed by atoms with Gasteiger partial charge in [0.25, 0.3) is 0 Å². The first kappa shape index (κ1) is 14.5. The minimum Gasteiger partial charge on any atom is -0.465 e. The zero-order valence-electron chi connectivity index (χ0n) is 10.1. The highest BCUT2D eigenvalue weighted by Crippen LogP contribution is 2.17. The average molecular weight is 269 g/mol. The lowest BCUT2D eigenvalue weighted by molar-refractivity contribution is 0.0600. The van der Waals surface area contributed by atoms with Gasteiger partial charge < -0.3 is 4.74 Å². The molecule has 6 heteroatoms. The largest absolute Gasteiger partial charge is 0.695 e. The summed E-state index contributed by atoms with van der Waals surface area (Å²) in [6, 6.07) is 6.82. The molecule has 1 N–H and O–H groups in total. The Kier molecular flexibility index (Phi) is 5.65. The number of benzene rings is 1. The molecule has 0 bridgehead atoms. The molecule has 0 saturated heterocycles. The molecule has 0 radical (unpaired) electrons. The number of ether oxygens (including phenoxy) is 1. The number of hydrogen-bond acceptors (Lipinski definition) is 4. The first-order valence-corrected chi connectivity index (χ1v) is 6.30. The molecule has 18 heavy (non-hydrogen) atoms. The first-order chi connectivity index (χ1) is 8.52. The van der Waals surface area contributed by atoms with E-state index in [-0.39, 0.29) is 12.6 Å². The maximum atomic E-state index is 11.2. The van der Waals surface area contributed by atoms with Crippen LogP contribution in [0.5, 0.6) is 0 Å². The Bertz CT molecular complexity index is 464. The number of carbonyl (C=O) groups is 1. The predicted octanol–water partition coefficient (Wildman–Crippen LogP) is 2.54. The van der Waals surface area contributed by atoms with Crippen molar-refractivity contribution in [2.75, 3.05) is 13.7 Å². The van der Waals surface area contributed by atoms with Crippen molar-refractivity contribution in [3.05, 3.63) is 41.0 Å². The lowest BCUT2D eigenvalue weighted by Crippen LogP contribution is -2.00. The highest BCUT2D eigenvalue weighted by atomic mass is 31.1. The summed E-state index contributed by atoms with van der Waals surface area (Å²) < 4.78 is 19.5. The van der Waals surface area contributed by atoms with Crippen molar-refractivity contribution in [3.8, 4) is 0 Å². The van der Waals surface area contributed by atoms with E-state index in [0.717, 1.165) is 11.1 Å². The fourth-order valence-corrected chi connectivity index (χ4v) is 1.63. The number of hydrogen-bond donors (Lipinski definition) is 1. The van der Waals surface area contributed by atoms with E-state index in [4.69, 9.17) is 4.89 Å². The smallest absolute Gasteiger partial charge is 0.465 e. The first-order valence-electron chi connectivity index (χ1n) is 5.17. The van der Waals surface area contributed by atoms with Crippen LogP contribution in [0.15, 0.2) is 29.8 Å². The minimum absolute atomic E-state index is 0.0878. The lowest BCUT2D eigenvalue weighted by Gasteiger charge is -2.00. The summed E-state index contributed by atoms with van der Waals surface area (Å²) in [7, 11) is -1.25. The summed E-state index contributed by atoms with van der Waals surface area (Å²) in [6.45, 7) is 1.87. The topological polar surface area (TPSA) is 72.8 Å². The third-order valence-electron chi connectivity index (χ3n) is 2.15. The molecule has 0 aliphatic carbocycles. The van der Waals surface area contributed by atoms with E-state index >= 15 is 0 Å². The van der Waals surface area contributed by atoms with Gasteiger partial charge in [-0.2, -0.15) is 0 Å². The van der Waals surface area contributed by atoms with Crippen molar-refractivity contribution >= 4 is 20.3 Å². The number of rotatable bonds is 5. The molecule has 0 aromatic heterocycles. The molecular formula is C12H14O5P+. The molecule has 1 unspecified atom stereocenters. The molecule has 1 aromatic carbocycles. The minimum atomic E-state index is -2.58. The Morgan fingerprint density at radius 2 is 2.00 bits per heavy atom. The van der Waals surface area contributed by atoms with Crippen LogP contribution in [-0.2, 0) is 13.8 Å². The molecular weight excluding hydrogens is 255 g/mol. The van der Waals surface area contributed by atoms with Crippen molar-refractivity contribution < 1.29 is 23.5 Å². The van der Waals surface area contributed by atoms with Crippen molar-refractivity contribution in [1.29, 1.82) is 0 Å². The summed E-state index contributed by atoms with van der Waals surface area (Å²) in [4.78, 5) is 19.7. The number of methoxy groups -OCH3 is 1. The number of carbonyl (C=O) groups excluding carboxylic acids is 1. The normalized spacial score (nSPS) is 12.2. The van der Waals surface area contributed by atoms with E-state index in [1.807, 2.05) is 0 Å². The molecule has 5 nitrogen and oxygen atoms in total. The fraction of sp³-hybridized carbons (Fsp3) is 0.250. The Morgan fingerprint density at radius 1 is 1.39 bits per heavy atom. The second kappa shape index (κ2) is 7.01. The van der Waals surface area contributed by atoms with Crippen molar-refractivity contribution in [3.63, 3.8) is 0 Å². The van der Waals surface area contributed by atoms with Gasteiger partial charge in [0.05, 0.1) is 12.7 Å². The highest BCUT2D eigenvalue weighted by molar-refractivity contribution is 7.32. The van der Waals surface area contributed by atoms with E-state index < -0.39 is 8.25 Å². The van der Waals surface area contributed by atoms with Gasteiger partial charge in [0, 0.05) is 4.57 Å². The molecule has 96 valence electrons. The molecule has 0 spiro atoms. The highest BCUT2D eigenvalue weighted by Gasteiger charge is 2.11. The molecule has 0 saturated carbocycles. The van der Waals surface area contributed by atoms with Crippen LogP contribution in [0, 0.1) is 0 Å². The maximum absolute atomic E-state index is 11.2. The van der Waals surface area contributed by atoms with Crippen molar-refractivity contribution in [1.82, 2.24) is 0 Å². The van der Waals surface area contributed by atoms with E-state index in [1.165, 1.54) is 7.11 Å². The van der Waals surface area contributed by atoms with E-state index in [2.05, 4.69) is 9.26 Å². The summed E-state index contributed by atoms with van der Waals surface area (Å²) in [5.74, 6) is -0.386. The molecule has 1 aromatic rings. The summed E-state index contributed by atoms with van der Waals surface area (Å²) in [6.07, 6.45) is 1.81. The van der Waals surface area contributed by atoms with Gasteiger partial charge >= 0.3 is 14.2 Å². The number of esters is 1. The van der Waals surface area contributed by atoms with Gasteiger partial charge in [-0.1, -0.05) is 18.2 Å². The summed E-state index contributed by atoms with van der Waals surface area (Å²) in [5.41, 5.74) is 2.15. The lowest BCUT2D eigenvalue weighted by atomic mass is 10.1. The third kappa shape index (κ3) is 4.75. The van der Waals surface area contributed by atoms with Gasteiger partial charge in [0.1, 0.15) is 6.61 Å². The van der Waals surface area contributed by atoms with Gasteiger partial charge in [-0.3, -0.25) is 0 Å². The van der Waals surface area contributed by atoms with Gasteiger partial charge in [0.15, 0.2) is 0 Å². The summed E-state index contributed by atoms with van der Waals surface area (Å²) in [5, 5.41) is 0. The van der Waals surface area contributed by atoms with Gasteiger partial charge in [-0.05, 0) is 30.2 Å². The average Bonchev–Trinajstić information content (AvgIpc) is 2.36. The third-order valence-corrected chi connectivity index (χ3v) is 2.50. The molecule has 1 rings (SSSR count). The van der Waals surface area contributed by atoms with Gasteiger partial charge in [-0.15, -0.1) is 9.42 Å².